The van der Waals surface area contributed by atoms with Gasteiger partial charge in [0.25, 0.3) is 0 Å². The van der Waals surface area contributed by atoms with Gasteiger partial charge >= 0.3 is 0 Å². The third kappa shape index (κ3) is 1.36. The normalized spacial score (nSPS) is 16.4. The molecule has 0 bridgehead atoms. The van der Waals surface area contributed by atoms with Crippen molar-refractivity contribution in [3.63, 3.8) is 0 Å². The van der Waals surface area contributed by atoms with Crippen LogP contribution in [0.4, 0.5) is 11.4 Å². The van der Waals surface area contributed by atoms with Crippen LogP contribution < -0.4 is 16.2 Å². The van der Waals surface area contributed by atoms with E-state index in [1.165, 1.54) is 19.3 Å². The molecule has 1 aromatic heterocycles. The van der Waals surface area contributed by atoms with Crippen LogP contribution in [0.1, 0.15) is 30.9 Å². The lowest BCUT2D eigenvalue weighted by Crippen LogP contribution is -2.14. The minimum absolute atomic E-state index is 0.487. The topological polar surface area (TPSA) is 74.2 Å². The van der Waals surface area contributed by atoms with Gasteiger partial charge < -0.3 is 16.2 Å². The number of pyridine rings is 1. The third-order valence-electron chi connectivity index (χ3n) is 2.76. The van der Waals surface area contributed by atoms with E-state index in [0.717, 1.165) is 5.69 Å². The first kappa shape index (κ1) is 9.12. The molecule has 1 saturated carbocycles. The number of anilines is 2. The van der Waals surface area contributed by atoms with E-state index >= 15 is 0 Å². The molecule has 1 aliphatic carbocycles. The standard InChI is InChI=1S/C10H15N3O/c1-14-10-8(12)5-7(11)9(13-10)6-3-2-4-6/h5-6H,2-4,11-12H2,1H3. The summed E-state index contributed by atoms with van der Waals surface area (Å²) in [5.74, 6) is 0.991. The highest BCUT2D eigenvalue weighted by Gasteiger charge is 2.24. The van der Waals surface area contributed by atoms with E-state index in [4.69, 9.17) is 16.2 Å². The summed E-state index contributed by atoms with van der Waals surface area (Å²) in [6.45, 7) is 0. The van der Waals surface area contributed by atoms with Crippen LogP contribution in [0.25, 0.3) is 0 Å². The van der Waals surface area contributed by atoms with E-state index in [1.54, 1.807) is 13.2 Å². The van der Waals surface area contributed by atoms with Crippen molar-refractivity contribution in [2.24, 2.45) is 0 Å². The van der Waals surface area contributed by atoms with Gasteiger partial charge in [0, 0.05) is 5.92 Å². The van der Waals surface area contributed by atoms with Crippen LogP contribution >= 0.6 is 0 Å². The minimum Gasteiger partial charge on any atom is -0.480 e. The number of nitrogens with two attached hydrogens (primary N) is 2. The number of ether oxygens (including phenoxy) is 1. The van der Waals surface area contributed by atoms with E-state index < -0.39 is 0 Å². The van der Waals surface area contributed by atoms with Crippen molar-refractivity contribution in [3.8, 4) is 5.88 Å². The van der Waals surface area contributed by atoms with Crippen LogP contribution in [0, 0.1) is 0 Å². The Morgan fingerprint density at radius 2 is 2.07 bits per heavy atom. The zero-order valence-corrected chi connectivity index (χ0v) is 8.29. The molecule has 1 aliphatic rings. The maximum atomic E-state index is 5.86. The molecular formula is C10H15N3O. The van der Waals surface area contributed by atoms with Gasteiger partial charge in [-0.3, -0.25) is 0 Å². The fourth-order valence-electron chi connectivity index (χ4n) is 1.71. The molecule has 2 rings (SSSR count). The lowest BCUT2D eigenvalue weighted by molar-refractivity contribution is 0.381. The quantitative estimate of drug-likeness (QED) is 0.746. The molecule has 4 heteroatoms. The van der Waals surface area contributed by atoms with Crippen LogP contribution in [0.3, 0.4) is 0 Å². The molecule has 0 amide bonds. The number of aromatic nitrogens is 1. The highest BCUT2D eigenvalue weighted by Crippen LogP contribution is 2.39. The van der Waals surface area contributed by atoms with Gasteiger partial charge in [-0.15, -0.1) is 0 Å². The Bertz CT molecular complexity index is 347. The largest absolute Gasteiger partial charge is 0.480 e. The summed E-state index contributed by atoms with van der Waals surface area (Å²) in [6.07, 6.45) is 3.60. The van der Waals surface area contributed by atoms with Crippen molar-refractivity contribution in [1.82, 2.24) is 4.98 Å². The van der Waals surface area contributed by atoms with Crippen molar-refractivity contribution in [1.29, 1.82) is 0 Å². The summed E-state index contributed by atoms with van der Waals surface area (Å²) < 4.78 is 5.07. The third-order valence-corrected chi connectivity index (χ3v) is 2.76. The molecule has 14 heavy (non-hydrogen) atoms. The van der Waals surface area contributed by atoms with Crippen LogP contribution in [0.2, 0.25) is 0 Å². The Hall–Kier alpha value is -1.45. The number of hydrogen-bond acceptors (Lipinski definition) is 4. The summed E-state index contributed by atoms with van der Waals surface area (Å²) in [6, 6.07) is 1.74. The first-order valence-corrected chi connectivity index (χ1v) is 4.82. The second-order valence-electron chi connectivity index (χ2n) is 3.69. The highest BCUT2D eigenvalue weighted by atomic mass is 16.5. The van der Waals surface area contributed by atoms with E-state index in [-0.39, 0.29) is 0 Å². The van der Waals surface area contributed by atoms with Gasteiger partial charge in [0.2, 0.25) is 5.88 Å². The predicted molar refractivity (Wildman–Crippen MR) is 56.2 cm³/mol. The van der Waals surface area contributed by atoms with Gasteiger partial charge in [-0.2, -0.15) is 0 Å². The summed E-state index contributed by atoms with van der Waals surface area (Å²) >= 11 is 0. The molecule has 4 N–H and O–H groups in total. The summed E-state index contributed by atoms with van der Waals surface area (Å²) in [4.78, 5) is 4.34. The van der Waals surface area contributed by atoms with Crippen molar-refractivity contribution in [2.75, 3.05) is 18.6 Å². The average molecular weight is 193 g/mol. The summed E-state index contributed by atoms with van der Waals surface area (Å²) in [5, 5.41) is 0. The van der Waals surface area contributed by atoms with Crippen molar-refractivity contribution >= 4 is 11.4 Å². The van der Waals surface area contributed by atoms with E-state index in [0.29, 0.717) is 23.2 Å². The molecule has 0 unspecified atom stereocenters. The van der Waals surface area contributed by atoms with Gasteiger partial charge in [0.15, 0.2) is 0 Å². The molecular weight excluding hydrogens is 178 g/mol. The average Bonchev–Trinajstić information content (AvgIpc) is 2.06. The predicted octanol–water partition coefficient (Wildman–Crippen LogP) is 1.52. The number of rotatable bonds is 2. The maximum absolute atomic E-state index is 5.86. The van der Waals surface area contributed by atoms with E-state index in [1.807, 2.05) is 0 Å². The zero-order chi connectivity index (χ0) is 10.1. The zero-order valence-electron chi connectivity index (χ0n) is 8.29. The maximum Gasteiger partial charge on any atom is 0.237 e. The number of nitrogen functional groups attached to an aromatic ring is 2. The van der Waals surface area contributed by atoms with E-state index in [2.05, 4.69) is 4.98 Å². The number of methoxy groups -OCH3 is 1. The lowest BCUT2D eigenvalue weighted by Gasteiger charge is -2.26. The monoisotopic (exact) mass is 193 g/mol. The van der Waals surface area contributed by atoms with Gasteiger partial charge in [0.1, 0.15) is 0 Å². The molecule has 0 aromatic carbocycles. The molecule has 1 heterocycles. The fraction of sp³-hybridized carbons (Fsp3) is 0.500. The van der Waals surface area contributed by atoms with Crippen LogP contribution in [0.5, 0.6) is 5.88 Å². The van der Waals surface area contributed by atoms with Gasteiger partial charge in [-0.1, -0.05) is 6.42 Å². The molecule has 76 valence electrons. The molecule has 0 aliphatic heterocycles. The van der Waals surface area contributed by atoms with Gasteiger partial charge in [-0.05, 0) is 18.9 Å². The smallest absolute Gasteiger partial charge is 0.237 e. The van der Waals surface area contributed by atoms with Crippen LogP contribution in [0.15, 0.2) is 6.07 Å². The highest BCUT2D eigenvalue weighted by molar-refractivity contribution is 5.60. The summed E-state index contributed by atoms with van der Waals surface area (Å²) in [7, 11) is 1.57. The second kappa shape index (κ2) is 3.36. The molecule has 0 atom stereocenters. The first-order chi connectivity index (χ1) is 6.72. The van der Waals surface area contributed by atoms with Crippen molar-refractivity contribution in [2.45, 2.75) is 25.2 Å². The minimum atomic E-state index is 0.487. The molecule has 0 spiro atoms. The van der Waals surface area contributed by atoms with Gasteiger partial charge in [-0.25, -0.2) is 4.98 Å². The SMILES string of the molecule is COc1nc(C2CCC2)c(N)cc1N. The van der Waals surface area contributed by atoms with Crippen molar-refractivity contribution in [3.05, 3.63) is 11.8 Å². The second-order valence-corrected chi connectivity index (χ2v) is 3.69. The Morgan fingerprint density at radius 3 is 2.57 bits per heavy atom. The Morgan fingerprint density at radius 1 is 1.36 bits per heavy atom. The van der Waals surface area contributed by atoms with E-state index in [9.17, 15) is 0 Å². The number of nitrogens with zero attached hydrogens (tertiary/aromatic N) is 1. The molecule has 1 fully saturated rings. The number of hydrogen-bond donors (Lipinski definition) is 2. The molecule has 1 aromatic rings. The van der Waals surface area contributed by atoms with Crippen molar-refractivity contribution < 1.29 is 4.74 Å². The lowest BCUT2D eigenvalue weighted by atomic mass is 9.82. The summed E-state index contributed by atoms with van der Waals surface area (Å²) in [5.41, 5.74) is 13.7. The first-order valence-electron chi connectivity index (χ1n) is 4.82. The van der Waals surface area contributed by atoms with Crippen LogP contribution in [-0.4, -0.2) is 12.1 Å². The molecule has 0 saturated heterocycles. The Kier molecular flexibility index (Phi) is 2.19. The van der Waals surface area contributed by atoms with Crippen LogP contribution in [-0.2, 0) is 0 Å². The fourth-order valence-corrected chi connectivity index (χ4v) is 1.71. The van der Waals surface area contributed by atoms with Gasteiger partial charge in [0.05, 0.1) is 24.2 Å². The molecule has 0 radical (unpaired) electrons. The molecule has 4 nitrogen and oxygen atoms in total. The Labute approximate surface area is 83.3 Å². The Balaban J connectivity index is 2.38.